The Balaban J connectivity index is 1.74. The van der Waals surface area contributed by atoms with Crippen LogP contribution in [0, 0.1) is 0 Å². The van der Waals surface area contributed by atoms with Gasteiger partial charge in [0.05, 0.1) is 6.20 Å². The van der Waals surface area contributed by atoms with Gasteiger partial charge in [-0.1, -0.05) is 24.3 Å². The molecule has 94 valence electrons. The van der Waals surface area contributed by atoms with Crippen molar-refractivity contribution in [3.05, 3.63) is 30.5 Å². The van der Waals surface area contributed by atoms with Crippen LogP contribution in [0.4, 0.5) is 5.82 Å². The molecule has 0 saturated carbocycles. The zero-order valence-corrected chi connectivity index (χ0v) is 11.6. The van der Waals surface area contributed by atoms with Crippen molar-refractivity contribution in [2.45, 2.75) is 5.25 Å². The molecular weight excluding hydrogens is 262 g/mol. The summed E-state index contributed by atoms with van der Waals surface area (Å²) in [7, 11) is 0. The van der Waals surface area contributed by atoms with E-state index >= 15 is 0 Å². The Hall–Kier alpha value is -0.940. The number of aromatic nitrogens is 2. The van der Waals surface area contributed by atoms with Gasteiger partial charge in [-0.05, 0) is 0 Å². The second-order valence-corrected chi connectivity index (χ2v) is 6.79. The molecule has 2 heterocycles. The summed E-state index contributed by atoms with van der Waals surface area (Å²) in [6.45, 7) is 0.973. The molecule has 0 amide bonds. The summed E-state index contributed by atoms with van der Waals surface area (Å²) in [5.74, 6) is 4.69. The lowest BCUT2D eigenvalue weighted by molar-refractivity contribution is 0.969. The molecule has 18 heavy (non-hydrogen) atoms. The lowest BCUT2D eigenvalue weighted by atomic mass is 10.2. The molecule has 3 rings (SSSR count). The van der Waals surface area contributed by atoms with Gasteiger partial charge in [0.2, 0.25) is 0 Å². The highest BCUT2D eigenvalue weighted by Gasteiger charge is 2.14. The van der Waals surface area contributed by atoms with E-state index in [0.717, 1.165) is 23.1 Å². The fourth-order valence-electron chi connectivity index (χ4n) is 2.02. The molecule has 1 N–H and O–H groups in total. The van der Waals surface area contributed by atoms with Gasteiger partial charge in [0.1, 0.15) is 0 Å². The maximum absolute atomic E-state index is 4.21. The van der Waals surface area contributed by atoms with E-state index in [1.54, 1.807) is 0 Å². The fraction of sp³-hybridized carbons (Fsp3) is 0.385. The molecule has 1 atom stereocenters. The summed E-state index contributed by atoms with van der Waals surface area (Å²) in [5, 5.41) is 14.7. The first-order valence-electron chi connectivity index (χ1n) is 6.07. The van der Waals surface area contributed by atoms with Crippen molar-refractivity contribution < 1.29 is 0 Å². The molecule has 0 spiro atoms. The summed E-state index contributed by atoms with van der Waals surface area (Å²) < 4.78 is 0. The minimum absolute atomic E-state index is 0.685. The van der Waals surface area contributed by atoms with Gasteiger partial charge < -0.3 is 5.32 Å². The van der Waals surface area contributed by atoms with Crippen molar-refractivity contribution in [3.8, 4) is 0 Å². The minimum Gasteiger partial charge on any atom is -0.367 e. The highest BCUT2D eigenvalue weighted by molar-refractivity contribution is 8.06. The van der Waals surface area contributed by atoms with Crippen LogP contribution >= 0.6 is 23.5 Å². The van der Waals surface area contributed by atoms with Crippen LogP contribution in [0.2, 0.25) is 0 Å². The van der Waals surface area contributed by atoms with E-state index in [0.29, 0.717) is 5.25 Å². The van der Waals surface area contributed by atoms with Crippen LogP contribution in [0.3, 0.4) is 0 Å². The third-order valence-electron chi connectivity index (χ3n) is 2.95. The first-order valence-corrected chi connectivity index (χ1v) is 8.27. The van der Waals surface area contributed by atoms with Crippen LogP contribution < -0.4 is 5.32 Å². The molecule has 0 bridgehead atoms. The maximum Gasteiger partial charge on any atom is 0.156 e. The molecule has 2 aromatic rings. The number of anilines is 1. The Morgan fingerprint density at radius 1 is 1.28 bits per heavy atom. The Morgan fingerprint density at radius 3 is 3.11 bits per heavy atom. The van der Waals surface area contributed by atoms with E-state index in [4.69, 9.17) is 0 Å². The number of fused-ring (bicyclic) bond motifs is 1. The number of nitrogens with zero attached hydrogens (tertiary/aromatic N) is 2. The van der Waals surface area contributed by atoms with Crippen molar-refractivity contribution in [2.75, 3.05) is 29.1 Å². The van der Waals surface area contributed by atoms with E-state index in [2.05, 4.69) is 39.4 Å². The largest absolute Gasteiger partial charge is 0.367 e. The van der Waals surface area contributed by atoms with Gasteiger partial charge in [0.25, 0.3) is 0 Å². The van der Waals surface area contributed by atoms with Crippen LogP contribution in [-0.2, 0) is 0 Å². The lowest BCUT2D eigenvalue weighted by Gasteiger charge is -2.21. The topological polar surface area (TPSA) is 37.8 Å². The standard InChI is InChI=1S/C13H15N3S2/c1-2-4-12-10(3-1)7-15-16-13(12)14-8-11-9-17-5-6-18-11/h1-4,7,11H,5-6,8-9H2,(H,14,16). The predicted molar refractivity (Wildman–Crippen MR) is 81.6 cm³/mol. The number of nitrogens with one attached hydrogen (secondary N) is 1. The van der Waals surface area contributed by atoms with Gasteiger partial charge in [-0.2, -0.15) is 28.6 Å². The summed E-state index contributed by atoms with van der Waals surface area (Å²) in [4.78, 5) is 0. The predicted octanol–water partition coefficient (Wildman–Crippen LogP) is 2.89. The summed E-state index contributed by atoms with van der Waals surface area (Å²) in [5.41, 5.74) is 0. The third kappa shape index (κ3) is 2.72. The first-order chi connectivity index (χ1) is 8.93. The molecule has 1 fully saturated rings. The quantitative estimate of drug-likeness (QED) is 0.934. The number of hydrogen-bond donors (Lipinski definition) is 1. The third-order valence-corrected chi connectivity index (χ3v) is 5.80. The SMILES string of the molecule is c1ccc2c(NCC3CSCCS3)nncc2c1. The van der Waals surface area contributed by atoms with Crippen LogP contribution in [0.1, 0.15) is 0 Å². The average Bonchev–Trinajstić information content (AvgIpc) is 2.46. The van der Waals surface area contributed by atoms with E-state index in [9.17, 15) is 0 Å². The van der Waals surface area contributed by atoms with Crippen LogP contribution in [0.15, 0.2) is 30.5 Å². The Bertz CT molecular complexity index is 521. The summed E-state index contributed by atoms with van der Waals surface area (Å²) in [6, 6.07) is 8.23. The molecule has 0 radical (unpaired) electrons. The molecule has 3 nitrogen and oxygen atoms in total. The minimum atomic E-state index is 0.685. The van der Waals surface area contributed by atoms with Crippen molar-refractivity contribution in [2.24, 2.45) is 0 Å². The van der Waals surface area contributed by atoms with Crippen molar-refractivity contribution in [1.82, 2.24) is 10.2 Å². The average molecular weight is 277 g/mol. The Kier molecular flexibility index (Phi) is 3.90. The fourth-order valence-corrected chi connectivity index (χ4v) is 4.64. The van der Waals surface area contributed by atoms with Gasteiger partial charge in [-0.15, -0.1) is 5.10 Å². The second kappa shape index (κ2) is 5.80. The number of benzene rings is 1. The number of hydrogen-bond acceptors (Lipinski definition) is 5. The van der Waals surface area contributed by atoms with Crippen LogP contribution in [-0.4, -0.2) is 39.3 Å². The zero-order valence-electron chi connectivity index (χ0n) is 10.0. The molecule has 1 aromatic heterocycles. The highest BCUT2D eigenvalue weighted by atomic mass is 32.2. The highest BCUT2D eigenvalue weighted by Crippen LogP contribution is 2.25. The molecular formula is C13H15N3S2. The molecule has 1 aromatic carbocycles. The van der Waals surface area contributed by atoms with Gasteiger partial charge >= 0.3 is 0 Å². The smallest absolute Gasteiger partial charge is 0.156 e. The molecule has 0 aliphatic carbocycles. The van der Waals surface area contributed by atoms with Crippen molar-refractivity contribution in [1.29, 1.82) is 0 Å². The van der Waals surface area contributed by atoms with Gasteiger partial charge in [-0.3, -0.25) is 0 Å². The van der Waals surface area contributed by atoms with Gasteiger partial charge in [0, 0.05) is 39.8 Å². The maximum atomic E-state index is 4.21. The Labute approximate surface area is 115 Å². The zero-order chi connectivity index (χ0) is 12.2. The van der Waals surface area contributed by atoms with Crippen LogP contribution in [0.25, 0.3) is 10.8 Å². The molecule has 1 aliphatic heterocycles. The van der Waals surface area contributed by atoms with E-state index in [-0.39, 0.29) is 0 Å². The lowest BCUT2D eigenvalue weighted by Crippen LogP contribution is -2.23. The number of thioether (sulfide) groups is 2. The Morgan fingerprint density at radius 2 is 2.22 bits per heavy atom. The van der Waals surface area contributed by atoms with Crippen molar-refractivity contribution >= 4 is 40.1 Å². The first kappa shape index (κ1) is 12.1. The molecule has 5 heteroatoms. The second-order valence-electron chi connectivity index (χ2n) is 4.23. The van der Waals surface area contributed by atoms with E-state index in [1.807, 2.05) is 30.1 Å². The molecule has 1 aliphatic rings. The van der Waals surface area contributed by atoms with Gasteiger partial charge in [0.15, 0.2) is 5.82 Å². The molecule has 1 saturated heterocycles. The summed E-state index contributed by atoms with van der Waals surface area (Å²) in [6.07, 6.45) is 1.81. The van der Waals surface area contributed by atoms with Gasteiger partial charge in [-0.25, -0.2) is 0 Å². The molecule has 1 unspecified atom stereocenters. The van der Waals surface area contributed by atoms with Crippen LogP contribution in [0.5, 0.6) is 0 Å². The van der Waals surface area contributed by atoms with E-state index < -0.39 is 0 Å². The summed E-state index contributed by atoms with van der Waals surface area (Å²) >= 11 is 4.10. The number of rotatable bonds is 3. The van der Waals surface area contributed by atoms with Crippen molar-refractivity contribution in [3.63, 3.8) is 0 Å². The normalized spacial score (nSPS) is 19.9. The monoisotopic (exact) mass is 277 g/mol. The van der Waals surface area contributed by atoms with E-state index in [1.165, 1.54) is 17.3 Å².